The van der Waals surface area contributed by atoms with Crippen molar-refractivity contribution >= 4 is 21.9 Å². The molecular formula is C13H24N2O5S. The van der Waals surface area contributed by atoms with Crippen molar-refractivity contribution in [1.29, 1.82) is 0 Å². The van der Waals surface area contributed by atoms with Gasteiger partial charge in [0.1, 0.15) is 0 Å². The van der Waals surface area contributed by atoms with Crippen molar-refractivity contribution in [2.75, 3.05) is 32.4 Å². The maximum absolute atomic E-state index is 12.3. The fourth-order valence-corrected chi connectivity index (χ4v) is 3.38. The topological polar surface area (TPSA) is 95.0 Å². The van der Waals surface area contributed by atoms with Crippen molar-refractivity contribution in [3.63, 3.8) is 0 Å². The summed E-state index contributed by atoms with van der Waals surface area (Å²) in [5, 5.41) is 9.36. The number of hydrogen-bond acceptors (Lipinski definition) is 4. The van der Waals surface area contributed by atoms with Crippen LogP contribution in [0.5, 0.6) is 0 Å². The minimum Gasteiger partial charge on any atom is -0.481 e. The minimum atomic E-state index is -3.23. The van der Waals surface area contributed by atoms with Crippen LogP contribution in [0.2, 0.25) is 0 Å². The molecule has 1 fully saturated rings. The van der Waals surface area contributed by atoms with Crippen LogP contribution in [0.3, 0.4) is 0 Å². The number of nitrogens with zero attached hydrogens (tertiary/aromatic N) is 2. The molecule has 1 heterocycles. The summed E-state index contributed by atoms with van der Waals surface area (Å²) in [6.07, 6.45) is 1.91. The first-order chi connectivity index (χ1) is 9.66. The lowest BCUT2D eigenvalue weighted by molar-refractivity contribution is -0.154. The van der Waals surface area contributed by atoms with E-state index in [2.05, 4.69) is 0 Å². The Kier molecular flexibility index (Phi) is 5.75. The Hall–Kier alpha value is -1.15. The second-order valence-electron chi connectivity index (χ2n) is 5.51. The van der Waals surface area contributed by atoms with Gasteiger partial charge in [0.2, 0.25) is 15.9 Å². The normalized spacial score (nSPS) is 17.8. The van der Waals surface area contributed by atoms with E-state index in [1.54, 1.807) is 18.7 Å². The number of carbonyl (C=O) groups excluding carboxylic acids is 1. The molecule has 8 heteroatoms. The predicted octanol–water partition coefficient (Wildman–Crippen LogP) is 0.371. The van der Waals surface area contributed by atoms with Crippen LogP contribution in [0, 0.1) is 5.41 Å². The number of carboxylic acids is 1. The highest BCUT2D eigenvalue weighted by Crippen LogP contribution is 2.31. The van der Waals surface area contributed by atoms with Crippen LogP contribution in [-0.4, -0.2) is 67.0 Å². The molecule has 0 radical (unpaired) electrons. The number of amides is 1. The Balaban J connectivity index is 2.68. The second kappa shape index (κ2) is 6.74. The number of carboxylic acid groups (broad SMARTS) is 1. The average Bonchev–Trinajstić information content (AvgIpc) is 2.43. The minimum absolute atomic E-state index is 0.0335. The smallest absolute Gasteiger partial charge is 0.310 e. The van der Waals surface area contributed by atoms with Crippen molar-refractivity contribution in [3.8, 4) is 0 Å². The van der Waals surface area contributed by atoms with E-state index in [1.807, 2.05) is 0 Å². The highest BCUT2D eigenvalue weighted by Gasteiger charge is 2.39. The van der Waals surface area contributed by atoms with E-state index in [9.17, 15) is 23.1 Å². The highest BCUT2D eigenvalue weighted by molar-refractivity contribution is 7.88. The van der Waals surface area contributed by atoms with Crippen molar-refractivity contribution in [2.24, 2.45) is 5.41 Å². The zero-order valence-electron chi connectivity index (χ0n) is 12.8. The lowest BCUT2D eigenvalue weighted by atomic mass is 9.79. The van der Waals surface area contributed by atoms with E-state index < -0.39 is 21.4 Å². The Labute approximate surface area is 126 Å². The van der Waals surface area contributed by atoms with Crippen LogP contribution < -0.4 is 0 Å². The summed E-state index contributed by atoms with van der Waals surface area (Å²) < 4.78 is 24.2. The summed E-state index contributed by atoms with van der Waals surface area (Å²) in [6, 6.07) is 0. The van der Waals surface area contributed by atoms with Crippen molar-refractivity contribution in [1.82, 2.24) is 9.21 Å². The molecule has 0 aromatic carbocycles. The van der Waals surface area contributed by atoms with Gasteiger partial charge in [-0.15, -0.1) is 0 Å². The number of sulfonamides is 1. The van der Waals surface area contributed by atoms with Gasteiger partial charge in [-0.2, -0.15) is 4.31 Å². The second-order valence-corrected chi connectivity index (χ2v) is 7.49. The van der Waals surface area contributed by atoms with Gasteiger partial charge < -0.3 is 10.0 Å². The summed E-state index contributed by atoms with van der Waals surface area (Å²) >= 11 is 0. The fraction of sp³-hybridized carbons (Fsp3) is 0.846. The molecule has 1 amide bonds. The van der Waals surface area contributed by atoms with Gasteiger partial charge in [0.25, 0.3) is 0 Å². The van der Waals surface area contributed by atoms with Crippen molar-refractivity contribution < 1.29 is 23.1 Å². The molecule has 0 saturated carbocycles. The molecule has 0 unspecified atom stereocenters. The first-order valence-electron chi connectivity index (χ1n) is 7.12. The fourth-order valence-electron chi connectivity index (χ4n) is 2.55. The molecule has 0 aliphatic carbocycles. The first kappa shape index (κ1) is 17.9. The molecule has 1 N–H and O–H groups in total. The van der Waals surface area contributed by atoms with E-state index >= 15 is 0 Å². The summed E-state index contributed by atoms with van der Waals surface area (Å²) in [5.74, 6) is -1.16. The van der Waals surface area contributed by atoms with Gasteiger partial charge in [0.15, 0.2) is 0 Å². The molecule has 1 aliphatic rings. The van der Waals surface area contributed by atoms with E-state index in [-0.39, 0.29) is 25.4 Å². The maximum Gasteiger partial charge on any atom is 0.310 e. The lowest BCUT2D eigenvalue weighted by Gasteiger charge is -2.35. The van der Waals surface area contributed by atoms with Crippen LogP contribution >= 0.6 is 0 Å². The third-order valence-corrected chi connectivity index (χ3v) is 5.66. The monoisotopic (exact) mass is 320 g/mol. The van der Waals surface area contributed by atoms with Crippen LogP contribution in [0.15, 0.2) is 0 Å². The molecule has 1 aliphatic heterocycles. The third-order valence-electron chi connectivity index (χ3n) is 4.36. The Bertz CT molecular complexity index is 491. The number of aliphatic carboxylic acids is 1. The summed E-state index contributed by atoms with van der Waals surface area (Å²) in [5.41, 5.74) is -1.02. The van der Waals surface area contributed by atoms with E-state index in [0.717, 1.165) is 6.26 Å². The molecule has 1 rings (SSSR count). The van der Waals surface area contributed by atoms with Crippen molar-refractivity contribution in [3.05, 3.63) is 0 Å². The van der Waals surface area contributed by atoms with Crippen LogP contribution in [0.25, 0.3) is 0 Å². The molecule has 0 aromatic heterocycles. The summed E-state index contributed by atoms with van der Waals surface area (Å²) in [7, 11) is -3.23. The van der Waals surface area contributed by atoms with E-state index in [0.29, 0.717) is 25.9 Å². The average molecular weight is 320 g/mol. The molecule has 7 nitrogen and oxygen atoms in total. The van der Waals surface area contributed by atoms with Gasteiger partial charge in [-0.25, -0.2) is 8.42 Å². The summed E-state index contributed by atoms with van der Waals surface area (Å²) in [6.45, 7) is 4.70. The van der Waals surface area contributed by atoms with Gasteiger partial charge in [-0.1, -0.05) is 13.8 Å². The molecule has 0 aromatic rings. The molecular weight excluding hydrogens is 296 g/mol. The van der Waals surface area contributed by atoms with Crippen LogP contribution in [0.1, 0.15) is 33.1 Å². The predicted molar refractivity (Wildman–Crippen MR) is 78.3 cm³/mol. The Morgan fingerprint density at radius 3 is 1.90 bits per heavy atom. The summed E-state index contributed by atoms with van der Waals surface area (Å²) in [4.78, 5) is 25.3. The molecule has 0 bridgehead atoms. The molecule has 21 heavy (non-hydrogen) atoms. The molecule has 0 spiro atoms. The van der Waals surface area contributed by atoms with Gasteiger partial charge >= 0.3 is 5.97 Å². The zero-order valence-corrected chi connectivity index (χ0v) is 13.6. The maximum atomic E-state index is 12.3. The lowest BCUT2D eigenvalue weighted by Crippen LogP contribution is -2.51. The molecule has 1 saturated heterocycles. The number of rotatable bonds is 6. The number of piperazine rings is 1. The SMILES string of the molecule is CCC(CC)(CC(=O)N1CCN(S(C)(=O)=O)CC1)C(=O)O. The van der Waals surface area contributed by atoms with E-state index in [4.69, 9.17) is 0 Å². The Morgan fingerprint density at radius 2 is 1.57 bits per heavy atom. The molecule has 122 valence electrons. The third kappa shape index (κ3) is 4.16. The Morgan fingerprint density at radius 1 is 1.10 bits per heavy atom. The first-order valence-corrected chi connectivity index (χ1v) is 8.97. The molecule has 0 atom stereocenters. The number of hydrogen-bond donors (Lipinski definition) is 1. The zero-order chi connectivity index (χ0) is 16.3. The quantitative estimate of drug-likeness (QED) is 0.763. The van der Waals surface area contributed by atoms with Gasteiger partial charge in [0.05, 0.1) is 11.7 Å². The van der Waals surface area contributed by atoms with Crippen LogP contribution in [0.4, 0.5) is 0 Å². The standard InChI is InChI=1S/C13H24N2O5S/c1-4-13(5-2,12(17)18)10-11(16)14-6-8-15(9-7-14)21(3,19)20/h4-10H2,1-3H3,(H,17,18). The van der Waals surface area contributed by atoms with Gasteiger partial charge in [0, 0.05) is 32.6 Å². The largest absolute Gasteiger partial charge is 0.481 e. The highest BCUT2D eigenvalue weighted by atomic mass is 32.2. The van der Waals surface area contributed by atoms with Gasteiger partial charge in [-0.05, 0) is 12.8 Å². The van der Waals surface area contributed by atoms with Gasteiger partial charge in [-0.3, -0.25) is 9.59 Å². The van der Waals surface area contributed by atoms with Crippen LogP contribution in [-0.2, 0) is 19.6 Å². The van der Waals surface area contributed by atoms with E-state index in [1.165, 1.54) is 4.31 Å². The number of carbonyl (C=O) groups is 2. The van der Waals surface area contributed by atoms with Crippen molar-refractivity contribution in [2.45, 2.75) is 33.1 Å².